The van der Waals surface area contributed by atoms with Gasteiger partial charge in [-0.25, -0.2) is 9.97 Å². The maximum atomic E-state index is 12.6. The van der Waals surface area contributed by atoms with E-state index in [9.17, 15) is 9.59 Å². The lowest BCUT2D eigenvalue weighted by atomic mass is 10.0. The Hall–Kier alpha value is -1.98. The fraction of sp³-hybridized carbons (Fsp3) is 0.571. The molecule has 0 radical (unpaired) electrons. The van der Waals surface area contributed by atoms with Gasteiger partial charge in [-0.2, -0.15) is 0 Å². The van der Waals surface area contributed by atoms with E-state index < -0.39 is 6.04 Å². The summed E-state index contributed by atoms with van der Waals surface area (Å²) in [5, 5.41) is 2.80. The minimum atomic E-state index is -0.476. The molecule has 1 fully saturated rings. The fourth-order valence-corrected chi connectivity index (χ4v) is 2.32. The zero-order valence-electron chi connectivity index (χ0n) is 12.0. The third kappa shape index (κ3) is 3.12. The van der Waals surface area contributed by atoms with Gasteiger partial charge in [0.15, 0.2) is 0 Å². The fourth-order valence-electron chi connectivity index (χ4n) is 2.32. The van der Waals surface area contributed by atoms with Gasteiger partial charge in [-0.05, 0) is 18.9 Å². The van der Waals surface area contributed by atoms with Gasteiger partial charge in [-0.1, -0.05) is 13.8 Å². The highest BCUT2D eigenvalue weighted by Gasteiger charge is 2.35. The van der Waals surface area contributed by atoms with Gasteiger partial charge in [-0.15, -0.1) is 0 Å². The van der Waals surface area contributed by atoms with Crippen LogP contribution in [0.4, 0.5) is 0 Å². The third-order valence-electron chi connectivity index (χ3n) is 3.48. The summed E-state index contributed by atoms with van der Waals surface area (Å²) in [5.41, 5.74) is 0. The standard InChI is InChI=1S/C14H20N4O2/c1-9(2)13-14(20)18(10(3)7-12(19)17-13)8-11-15-5-4-6-16-11/h4-6,9-10,13H,7-8H2,1-3H3,(H,17,19). The molecule has 2 rings (SSSR count). The maximum absolute atomic E-state index is 12.6. The summed E-state index contributed by atoms with van der Waals surface area (Å²) < 4.78 is 0. The second kappa shape index (κ2) is 5.98. The molecule has 1 aromatic rings. The van der Waals surface area contributed by atoms with Gasteiger partial charge < -0.3 is 10.2 Å². The molecule has 2 atom stereocenters. The molecule has 0 spiro atoms. The van der Waals surface area contributed by atoms with Crippen molar-refractivity contribution in [1.29, 1.82) is 0 Å². The normalized spacial score (nSPS) is 23.7. The van der Waals surface area contributed by atoms with Crippen LogP contribution in [0.2, 0.25) is 0 Å². The van der Waals surface area contributed by atoms with Gasteiger partial charge in [0, 0.05) is 24.9 Å². The van der Waals surface area contributed by atoms with Gasteiger partial charge in [0.25, 0.3) is 0 Å². The van der Waals surface area contributed by atoms with Gasteiger partial charge >= 0.3 is 0 Å². The Morgan fingerprint density at radius 3 is 2.60 bits per heavy atom. The van der Waals surface area contributed by atoms with E-state index in [1.54, 1.807) is 23.4 Å². The predicted molar refractivity (Wildman–Crippen MR) is 73.4 cm³/mol. The Morgan fingerprint density at radius 1 is 1.35 bits per heavy atom. The zero-order valence-corrected chi connectivity index (χ0v) is 12.0. The number of hydrogen-bond acceptors (Lipinski definition) is 4. The van der Waals surface area contributed by atoms with E-state index in [2.05, 4.69) is 15.3 Å². The lowest BCUT2D eigenvalue weighted by Gasteiger charge is -2.29. The average molecular weight is 276 g/mol. The molecular formula is C14H20N4O2. The molecule has 0 aliphatic carbocycles. The van der Waals surface area contributed by atoms with Crippen molar-refractivity contribution in [3.63, 3.8) is 0 Å². The van der Waals surface area contributed by atoms with E-state index >= 15 is 0 Å². The SMILES string of the molecule is CC(C)C1NC(=O)CC(C)N(Cc2ncccn2)C1=O. The summed E-state index contributed by atoms with van der Waals surface area (Å²) in [4.78, 5) is 34.4. The van der Waals surface area contributed by atoms with Crippen LogP contribution in [0.3, 0.4) is 0 Å². The topological polar surface area (TPSA) is 75.2 Å². The minimum Gasteiger partial charge on any atom is -0.344 e. The van der Waals surface area contributed by atoms with Crippen LogP contribution >= 0.6 is 0 Å². The van der Waals surface area contributed by atoms with Crippen molar-refractivity contribution in [2.45, 2.75) is 45.8 Å². The summed E-state index contributed by atoms with van der Waals surface area (Å²) in [5.74, 6) is 0.493. The Bertz CT molecular complexity index is 489. The highest BCUT2D eigenvalue weighted by Crippen LogP contribution is 2.17. The summed E-state index contributed by atoms with van der Waals surface area (Å²) >= 11 is 0. The lowest BCUT2D eigenvalue weighted by molar-refractivity contribution is -0.136. The van der Waals surface area contributed by atoms with Crippen molar-refractivity contribution in [1.82, 2.24) is 20.2 Å². The summed E-state index contributed by atoms with van der Waals surface area (Å²) in [7, 11) is 0. The van der Waals surface area contributed by atoms with Crippen molar-refractivity contribution in [2.75, 3.05) is 0 Å². The molecule has 6 nitrogen and oxygen atoms in total. The maximum Gasteiger partial charge on any atom is 0.246 e. The first kappa shape index (κ1) is 14.4. The van der Waals surface area contributed by atoms with E-state index in [-0.39, 0.29) is 23.8 Å². The van der Waals surface area contributed by atoms with Crippen LogP contribution in [0.15, 0.2) is 18.5 Å². The monoisotopic (exact) mass is 276 g/mol. The van der Waals surface area contributed by atoms with Crippen LogP contribution in [-0.4, -0.2) is 38.8 Å². The minimum absolute atomic E-state index is 0.0518. The molecule has 0 aromatic carbocycles. The molecule has 1 saturated heterocycles. The van der Waals surface area contributed by atoms with Crippen LogP contribution in [0, 0.1) is 5.92 Å². The first-order chi connectivity index (χ1) is 9.49. The summed E-state index contributed by atoms with van der Waals surface area (Å²) in [6.45, 7) is 6.06. The average Bonchev–Trinajstić information content (AvgIpc) is 2.51. The first-order valence-electron chi connectivity index (χ1n) is 6.84. The second-order valence-corrected chi connectivity index (χ2v) is 5.47. The van der Waals surface area contributed by atoms with Crippen LogP contribution < -0.4 is 5.32 Å². The molecule has 2 unspecified atom stereocenters. The van der Waals surface area contributed by atoms with E-state index in [1.807, 2.05) is 20.8 Å². The molecule has 1 aliphatic heterocycles. The molecule has 1 aromatic heterocycles. The molecular weight excluding hydrogens is 256 g/mol. The summed E-state index contributed by atoms with van der Waals surface area (Å²) in [6.07, 6.45) is 3.61. The number of carbonyl (C=O) groups is 2. The predicted octanol–water partition coefficient (Wildman–Crippen LogP) is 0.738. The van der Waals surface area contributed by atoms with Gasteiger partial charge in [-0.3, -0.25) is 9.59 Å². The van der Waals surface area contributed by atoms with Crippen LogP contribution in [0.1, 0.15) is 33.0 Å². The number of aromatic nitrogens is 2. The van der Waals surface area contributed by atoms with Crippen molar-refractivity contribution >= 4 is 11.8 Å². The number of nitrogens with one attached hydrogen (secondary N) is 1. The van der Waals surface area contributed by atoms with Crippen LogP contribution in [-0.2, 0) is 16.1 Å². The molecule has 1 aliphatic rings. The number of nitrogens with zero attached hydrogens (tertiary/aromatic N) is 3. The first-order valence-corrected chi connectivity index (χ1v) is 6.84. The number of carbonyl (C=O) groups excluding carboxylic acids is 2. The van der Waals surface area contributed by atoms with E-state index in [1.165, 1.54) is 0 Å². The molecule has 1 N–H and O–H groups in total. The van der Waals surface area contributed by atoms with Crippen molar-refractivity contribution in [2.24, 2.45) is 5.92 Å². The van der Waals surface area contributed by atoms with E-state index in [4.69, 9.17) is 0 Å². The smallest absolute Gasteiger partial charge is 0.246 e. The quantitative estimate of drug-likeness (QED) is 0.883. The molecule has 0 bridgehead atoms. The third-order valence-corrected chi connectivity index (χ3v) is 3.48. The van der Waals surface area contributed by atoms with Crippen molar-refractivity contribution in [3.05, 3.63) is 24.3 Å². The molecule has 0 saturated carbocycles. The highest BCUT2D eigenvalue weighted by molar-refractivity contribution is 5.90. The zero-order chi connectivity index (χ0) is 14.7. The van der Waals surface area contributed by atoms with Crippen molar-refractivity contribution < 1.29 is 9.59 Å². The van der Waals surface area contributed by atoms with Crippen LogP contribution in [0.5, 0.6) is 0 Å². The molecule has 2 heterocycles. The Labute approximate surface area is 118 Å². The van der Waals surface area contributed by atoms with E-state index in [0.717, 1.165) is 0 Å². The Kier molecular flexibility index (Phi) is 4.32. The number of rotatable bonds is 3. The van der Waals surface area contributed by atoms with Gasteiger partial charge in [0.1, 0.15) is 11.9 Å². The number of amides is 2. The Morgan fingerprint density at radius 2 is 2.00 bits per heavy atom. The van der Waals surface area contributed by atoms with E-state index in [0.29, 0.717) is 18.8 Å². The largest absolute Gasteiger partial charge is 0.344 e. The van der Waals surface area contributed by atoms with Gasteiger partial charge in [0.05, 0.1) is 6.54 Å². The van der Waals surface area contributed by atoms with Gasteiger partial charge in [0.2, 0.25) is 11.8 Å². The molecule has 6 heteroatoms. The second-order valence-electron chi connectivity index (χ2n) is 5.47. The molecule has 2 amide bonds. The Balaban J connectivity index is 2.23. The molecule has 20 heavy (non-hydrogen) atoms. The lowest BCUT2D eigenvalue weighted by Crippen LogP contribution is -2.48. The number of hydrogen-bond donors (Lipinski definition) is 1. The van der Waals surface area contributed by atoms with Crippen molar-refractivity contribution in [3.8, 4) is 0 Å². The molecule has 108 valence electrons. The summed E-state index contributed by atoms with van der Waals surface area (Å²) in [6, 6.07) is 1.10. The highest BCUT2D eigenvalue weighted by atomic mass is 16.2. The van der Waals surface area contributed by atoms with Crippen LogP contribution in [0.25, 0.3) is 0 Å².